The van der Waals surface area contributed by atoms with Crippen LogP contribution in [0.25, 0.3) is 0 Å². The van der Waals surface area contributed by atoms with Crippen LogP contribution in [-0.4, -0.2) is 17.5 Å². The van der Waals surface area contributed by atoms with Crippen molar-refractivity contribution in [3.8, 4) is 23.8 Å². The molecule has 0 unspecified atom stereocenters. The quantitative estimate of drug-likeness (QED) is 0.814. The van der Waals surface area contributed by atoms with Gasteiger partial charge >= 0.3 is 0 Å². The molecule has 0 bridgehead atoms. The smallest absolute Gasteiger partial charge is 0.235 e. The topological polar surface area (TPSA) is 52.9 Å². The zero-order chi connectivity index (χ0) is 16.1. The van der Waals surface area contributed by atoms with Crippen LogP contribution < -0.4 is 9.47 Å². The van der Waals surface area contributed by atoms with E-state index >= 15 is 0 Å². The van der Waals surface area contributed by atoms with Gasteiger partial charge in [0.25, 0.3) is 0 Å². The molecule has 0 fully saturated rings. The fourth-order valence-electron chi connectivity index (χ4n) is 2.15. The molecule has 0 saturated heterocycles. The third-order valence-electron chi connectivity index (χ3n) is 3.34. The van der Waals surface area contributed by atoms with Gasteiger partial charge in [0.2, 0.25) is 5.90 Å². The normalized spacial score (nSPS) is 16.2. The first-order chi connectivity index (χ1) is 11.2. The van der Waals surface area contributed by atoms with Crippen LogP contribution in [0.15, 0.2) is 47.8 Å². The van der Waals surface area contributed by atoms with E-state index < -0.39 is 0 Å². The van der Waals surface area contributed by atoms with Gasteiger partial charge in [0.05, 0.1) is 12.6 Å². The van der Waals surface area contributed by atoms with Crippen molar-refractivity contribution in [1.82, 2.24) is 4.98 Å². The Kier molecular flexibility index (Phi) is 4.44. The highest BCUT2D eigenvalue weighted by molar-refractivity contribution is 5.79. The molecule has 23 heavy (non-hydrogen) atoms. The van der Waals surface area contributed by atoms with Crippen molar-refractivity contribution in [2.75, 3.05) is 6.61 Å². The van der Waals surface area contributed by atoms with Crippen molar-refractivity contribution < 1.29 is 14.3 Å². The van der Waals surface area contributed by atoms with E-state index in [4.69, 9.17) is 20.7 Å². The van der Waals surface area contributed by atoms with Gasteiger partial charge in [-0.1, -0.05) is 23.2 Å². The fraction of sp³-hybridized carbons (Fsp3) is 0.222. The Hall–Kier alpha value is -3.00. The summed E-state index contributed by atoms with van der Waals surface area (Å²) in [5.74, 6) is 4.35. The van der Waals surface area contributed by atoms with Crippen molar-refractivity contribution >= 4 is 5.90 Å². The standard InChI is InChI=1S/C18H16N2O3/c1-3-10-21-15-8-5-14(6-9-15)17-11-18(20-23-17)22-16-7-4-13(2)19-12-16/h1,4-9,12,17H,10-11H2,2H3/t17-/m1/s1. The van der Waals surface area contributed by atoms with E-state index in [-0.39, 0.29) is 12.7 Å². The second-order valence-electron chi connectivity index (χ2n) is 5.08. The zero-order valence-corrected chi connectivity index (χ0v) is 12.7. The van der Waals surface area contributed by atoms with Gasteiger partial charge in [-0.3, -0.25) is 4.98 Å². The van der Waals surface area contributed by atoms with E-state index in [1.165, 1.54) is 0 Å². The molecule has 116 valence electrons. The summed E-state index contributed by atoms with van der Waals surface area (Å²) in [6.45, 7) is 2.18. The molecule has 2 heterocycles. The highest BCUT2D eigenvalue weighted by Gasteiger charge is 2.24. The van der Waals surface area contributed by atoms with Crippen molar-refractivity contribution in [1.29, 1.82) is 0 Å². The van der Waals surface area contributed by atoms with Gasteiger partial charge in [0, 0.05) is 5.69 Å². The van der Waals surface area contributed by atoms with E-state index in [0.29, 0.717) is 18.1 Å². The molecule has 0 spiro atoms. The number of pyridine rings is 1. The second-order valence-corrected chi connectivity index (χ2v) is 5.08. The minimum Gasteiger partial charge on any atom is -0.481 e. The third kappa shape index (κ3) is 3.80. The third-order valence-corrected chi connectivity index (χ3v) is 3.34. The first-order valence-electron chi connectivity index (χ1n) is 7.24. The Morgan fingerprint density at radius 3 is 2.70 bits per heavy atom. The second kappa shape index (κ2) is 6.84. The number of oxime groups is 1. The van der Waals surface area contributed by atoms with Crippen LogP contribution in [0.4, 0.5) is 0 Å². The molecule has 3 rings (SSSR count). The number of nitrogens with zero attached hydrogens (tertiary/aromatic N) is 2. The molecular formula is C18H16N2O3. The Bertz CT molecular complexity index is 730. The molecule has 1 atom stereocenters. The zero-order valence-electron chi connectivity index (χ0n) is 12.7. The molecule has 0 radical (unpaired) electrons. The number of ether oxygens (including phenoxy) is 2. The van der Waals surface area contributed by atoms with Crippen LogP contribution in [0.1, 0.15) is 23.8 Å². The summed E-state index contributed by atoms with van der Waals surface area (Å²) in [6, 6.07) is 11.3. The number of hydrogen-bond acceptors (Lipinski definition) is 5. The Morgan fingerprint density at radius 1 is 1.22 bits per heavy atom. The van der Waals surface area contributed by atoms with E-state index in [9.17, 15) is 0 Å². The van der Waals surface area contributed by atoms with Gasteiger partial charge in [-0.25, -0.2) is 0 Å². The lowest BCUT2D eigenvalue weighted by Crippen LogP contribution is -2.07. The summed E-state index contributed by atoms with van der Waals surface area (Å²) in [5.41, 5.74) is 1.94. The molecule has 0 aliphatic carbocycles. The summed E-state index contributed by atoms with van der Waals surface area (Å²) in [7, 11) is 0. The lowest BCUT2D eigenvalue weighted by Gasteiger charge is -2.09. The van der Waals surface area contributed by atoms with Crippen LogP contribution in [-0.2, 0) is 4.84 Å². The molecule has 2 aromatic rings. The van der Waals surface area contributed by atoms with Crippen LogP contribution in [0.3, 0.4) is 0 Å². The maximum atomic E-state index is 5.67. The van der Waals surface area contributed by atoms with E-state index in [1.54, 1.807) is 6.20 Å². The molecule has 5 nitrogen and oxygen atoms in total. The molecule has 1 aliphatic rings. The molecule has 5 heteroatoms. The number of terminal acetylenes is 1. The monoisotopic (exact) mass is 308 g/mol. The van der Waals surface area contributed by atoms with E-state index in [1.807, 2.05) is 43.3 Å². The first kappa shape index (κ1) is 14.9. The molecular weight excluding hydrogens is 292 g/mol. The average molecular weight is 308 g/mol. The summed E-state index contributed by atoms with van der Waals surface area (Å²) >= 11 is 0. The predicted molar refractivity (Wildman–Crippen MR) is 86.3 cm³/mol. The Balaban J connectivity index is 1.58. The van der Waals surface area contributed by atoms with Crippen LogP contribution in [0, 0.1) is 19.3 Å². The number of rotatable bonds is 4. The molecule has 0 saturated carbocycles. The number of aromatic nitrogens is 1. The van der Waals surface area contributed by atoms with Gasteiger partial charge in [0.15, 0.2) is 6.10 Å². The highest BCUT2D eigenvalue weighted by Crippen LogP contribution is 2.29. The molecule has 1 aliphatic heterocycles. The Labute approximate surface area is 134 Å². The number of hydrogen-bond donors (Lipinski definition) is 0. The SMILES string of the molecule is C#CCOc1ccc([C@H]2CC(Oc3ccc(C)nc3)=NO2)cc1. The molecule has 1 aromatic carbocycles. The Morgan fingerprint density at radius 2 is 2.00 bits per heavy atom. The molecule has 0 N–H and O–H groups in total. The van der Waals surface area contributed by atoms with Crippen molar-refractivity contribution in [2.24, 2.45) is 5.16 Å². The van der Waals surface area contributed by atoms with E-state index in [0.717, 1.165) is 17.0 Å². The summed E-state index contributed by atoms with van der Waals surface area (Å²) in [6.07, 6.45) is 7.24. The van der Waals surface area contributed by atoms with Gasteiger partial charge < -0.3 is 14.3 Å². The predicted octanol–water partition coefficient (Wildman–Crippen LogP) is 3.26. The van der Waals surface area contributed by atoms with Crippen molar-refractivity contribution in [2.45, 2.75) is 19.4 Å². The van der Waals surface area contributed by atoms with Crippen molar-refractivity contribution in [3.63, 3.8) is 0 Å². The maximum Gasteiger partial charge on any atom is 0.235 e. The lowest BCUT2D eigenvalue weighted by molar-refractivity contribution is 0.0855. The minimum absolute atomic E-state index is 0.162. The van der Waals surface area contributed by atoms with Gasteiger partial charge in [-0.2, -0.15) is 0 Å². The summed E-state index contributed by atoms with van der Waals surface area (Å²) in [5, 5.41) is 3.99. The summed E-state index contributed by atoms with van der Waals surface area (Å²) in [4.78, 5) is 9.62. The largest absolute Gasteiger partial charge is 0.481 e. The lowest BCUT2D eigenvalue weighted by atomic mass is 10.1. The summed E-state index contributed by atoms with van der Waals surface area (Å²) < 4.78 is 11.0. The minimum atomic E-state index is -0.162. The van der Waals surface area contributed by atoms with Crippen LogP contribution in [0.2, 0.25) is 0 Å². The van der Waals surface area contributed by atoms with Crippen LogP contribution in [0.5, 0.6) is 11.5 Å². The van der Waals surface area contributed by atoms with Crippen molar-refractivity contribution in [3.05, 3.63) is 53.9 Å². The highest BCUT2D eigenvalue weighted by atomic mass is 16.7. The van der Waals surface area contributed by atoms with E-state index in [2.05, 4.69) is 16.1 Å². The fourth-order valence-corrected chi connectivity index (χ4v) is 2.15. The maximum absolute atomic E-state index is 5.67. The average Bonchev–Trinajstić information content (AvgIpc) is 3.04. The number of benzene rings is 1. The van der Waals surface area contributed by atoms with Gasteiger partial charge in [0.1, 0.15) is 18.1 Å². The van der Waals surface area contributed by atoms with Crippen LogP contribution >= 0.6 is 0 Å². The molecule has 1 aromatic heterocycles. The van der Waals surface area contributed by atoms with Gasteiger partial charge in [-0.05, 0) is 36.8 Å². The molecule has 0 amide bonds. The van der Waals surface area contributed by atoms with Gasteiger partial charge in [-0.15, -0.1) is 6.42 Å². The number of aryl methyl sites for hydroxylation is 1. The first-order valence-corrected chi connectivity index (χ1v) is 7.24.